The van der Waals surface area contributed by atoms with Crippen molar-refractivity contribution in [3.05, 3.63) is 29.5 Å². The van der Waals surface area contributed by atoms with Gasteiger partial charge in [0.2, 0.25) is 11.8 Å². The number of halogens is 2. The maximum absolute atomic E-state index is 12.4. The zero-order valence-corrected chi connectivity index (χ0v) is 15.5. The van der Waals surface area contributed by atoms with Crippen LogP contribution in [0.2, 0.25) is 0 Å². The summed E-state index contributed by atoms with van der Waals surface area (Å²) in [6, 6.07) is 4.44. The van der Waals surface area contributed by atoms with Gasteiger partial charge in [-0.05, 0) is 25.3 Å². The van der Waals surface area contributed by atoms with Crippen LogP contribution in [0.25, 0.3) is 10.8 Å². The highest BCUT2D eigenvalue weighted by Crippen LogP contribution is 2.24. The Morgan fingerprint density at radius 1 is 1.48 bits per heavy atom. The van der Waals surface area contributed by atoms with Crippen LogP contribution in [-0.4, -0.2) is 41.0 Å². The maximum Gasteiger partial charge on any atom is 0.236 e. The van der Waals surface area contributed by atoms with Crippen LogP contribution in [0.15, 0.2) is 28.2 Å². The van der Waals surface area contributed by atoms with Gasteiger partial charge in [0, 0.05) is 25.2 Å². The highest BCUT2D eigenvalue weighted by atomic mass is 35.5. The summed E-state index contributed by atoms with van der Waals surface area (Å²) >= 11 is 1.58. The van der Waals surface area contributed by atoms with Gasteiger partial charge in [-0.3, -0.25) is 4.79 Å². The lowest BCUT2D eigenvalue weighted by atomic mass is 10.1. The molecule has 3 heterocycles. The summed E-state index contributed by atoms with van der Waals surface area (Å²) in [7, 11) is 0. The number of amides is 1. The smallest absolute Gasteiger partial charge is 0.236 e. The number of hydrogen-bond acceptors (Lipinski definition) is 5. The second-order valence-corrected chi connectivity index (χ2v) is 6.32. The molecule has 2 aromatic heterocycles. The quantitative estimate of drug-likeness (QED) is 0.892. The molecule has 0 bridgehead atoms. The van der Waals surface area contributed by atoms with Gasteiger partial charge in [-0.1, -0.05) is 6.07 Å². The molecule has 2 atom stereocenters. The molecule has 2 unspecified atom stereocenters. The lowest BCUT2D eigenvalue weighted by molar-refractivity contribution is -0.134. The monoisotopic (exact) mass is 377 g/mol. The fourth-order valence-electron chi connectivity index (χ4n) is 2.57. The molecule has 1 amide bonds. The van der Waals surface area contributed by atoms with Crippen molar-refractivity contribution in [1.82, 2.24) is 15.2 Å². The van der Waals surface area contributed by atoms with E-state index in [0.717, 1.165) is 18.0 Å². The second kappa shape index (κ2) is 8.68. The number of hydrogen-bond donors (Lipinski definition) is 1. The molecule has 1 saturated heterocycles. The molecule has 3 rings (SSSR count). The minimum absolute atomic E-state index is 0. The molecule has 1 N–H and O–H groups in total. The van der Waals surface area contributed by atoms with E-state index in [0.29, 0.717) is 24.0 Å². The zero-order valence-electron chi connectivity index (χ0n) is 13.0. The first kappa shape index (κ1) is 20.0. The molecule has 1 fully saturated rings. The van der Waals surface area contributed by atoms with Crippen molar-refractivity contribution >= 4 is 42.1 Å². The Morgan fingerprint density at radius 2 is 2.26 bits per heavy atom. The molecule has 8 heteroatoms. The lowest BCUT2D eigenvalue weighted by Crippen LogP contribution is -2.57. The molecule has 5 nitrogen and oxygen atoms in total. The number of oxazole rings is 1. The average Bonchev–Trinajstić information content (AvgIpc) is 3.12. The highest BCUT2D eigenvalue weighted by molar-refractivity contribution is 7.13. The molecule has 128 valence electrons. The predicted octanol–water partition coefficient (Wildman–Crippen LogP) is 3.00. The maximum atomic E-state index is 12.4. The largest absolute Gasteiger partial charge is 0.444 e. The predicted molar refractivity (Wildman–Crippen MR) is 96.7 cm³/mol. The molecule has 0 aromatic carbocycles. The van der Waals surface area contributed by atoms with Gasteiger partial charge in [-0.25, -0.2) is 4.98 Å². The Labute approximate surface area is 152 Å². The van der Waals surface area contributed by atoms with Crippen LogP contribution in [0.3, 0.4) is 0 Å². The molecule has 0 spiro atoms. The minimum Gasteiger partial charge on any atom is -0.444 e. The van der Waals surface area contributed by atoms with Crippen LogP contribution in [-0.2, 0) is 11.2 Å². The van der Waals surface area contributed by atoms with E-state index in [9.17, 15) is 4.79 Å². The van der Waals surface area contributed by atoms with E-state index in [-0.39, 0.29) is 36.8 Å². The van der Waals surface area contributed by atoms with E-state index in [2.05, 4.69) is 24.1 Å². The van der Waals surface area contributed by atoms with Crippen LogP contribution in [0.4, 0.5) is 0 Å². The van der Waals surface area contributed by atoms with Gasteiger partial charge in [0.15, 0.2) is 0 Å². The number of thiophene rings is 1. The molecular formula is C15H21Cl2N3O2S. The van der Waals surface area contributed by atoms with E-state index in [4.69, 9.17) is 4.42 Å². The van der Waals surface area contributed by atoms with Crippen LogP contribution in [0, 0.1) is 0 Å². The molecule has 0 aliphatic carbocycles. The van der Waals surface area contributed by atoms with Gasteiger partial charge in [0.25, 0.3) is 0 Å². The van der Waals surface area contributed by atoms with Gasteiger partial charge in [0.05, 0.1) is 17.0 Å². The third kappa shape index (κ3) is 4.47. The molecule has 1 aliphatic rings. The third-order valence-corrected chi connectivity index (χ3v) is 4.83. The Bertz CT molecular complexity index is 618. The van der Waals surface area contributed by atoms with E-state index >= 15 is 0 Å². The Morgan fingerprint density at radius 3 is 2.96 bits per heavy atom. The van der Waals surface area contributed by atoms with Crippen molar-refractivity contribution in [3.8, 4) is 10.8 Å². The topological polar surface area (TPSA) is 58.4 Å². The molecular weight excluding hydrogens is 357 g/mol. The Balaban J connectivity index is 0.00000132. The fraction of sp³-hybridized carbons (Fsp3) is 0.467. The van der Waals surface area contributed by atoms with Crippen molar-refractivity contribution in [2.24, 2.45) is 0 Å². The number of carbonyl (C=O) groups is 1. The van der Waals surface area contributed by atoms with Gasteiger partial charge < -0.3 is 14.6 Å². The molecule has 2 aromatic rings. The number of aromatic nitrogens is 1. The van der Waals surface area contributed by atoms with E-state index in [1.165, 1.54) is 0 Å². The lowest BCUT2D eigenvalue weighted by Gasteiger charge is -2.38. The van der Waals surface area contributed by atoms with Crippen molar-refractivity contribution in [2.75, 3.05) is 13.1 Å². The minimum atomic E-state index is 0. The SMILES string of the molecule is CC1NCCN(C(=O)Cc2coc(-c3cccs3)n2)C1C.Cl.Cl. The van der Waals surface area contributed by atoms with Gasteiger partial charge >= 0.3 is 0 Å². The zero-order chi connectivity index (χ0) is 14.8. The standard InChI is InChI=1S/C15H19N3O2S.2ClH/c1-10-11(2)18(6-5-16-10)14(19)8-12-9-20-15(17-12)13-4-3-7-21-13;;/h3-4,7,9-11,16H,5-6,8H2,1-2H3;2*1H. The van der Waals surface area contributed by atoms with Crippen molar-refractivity contribution in [3.63, 3.8) is 0 Å². The number of piperazine rings is 1. The third-order valence-electron chi connectivity index (χ3n) is 3.97. The molecule has 0 radical (unpaired) electrons. The van der Waals surface area contributed by atoms with Crippen molar-refractivity contribution in [1.29, 1.82) is 0 Å². The van der Waals surface area contributed by atoms with Crippen molar-refractivity contribution < 1.29 is 9.21 Å². The van der Waals surface area contributed by atoms with Gasteiger partial charge in [-0.15, -0.1) is 36.2 Å². The first-order chi connectivity index (χ1) is 10.1. The normalized spacial score (nSPS) is 20.5. The number of nitrogens with zero attached hydrogens (tertiary/aromatic N) is 2. The Hall–Kier alpha value is -1.08. The highest BCUT2D eigenvalue weighted by Gasteiger charge is 2.28. The number of rotatable bonds is 3. The summed E-state index contributed by atoms with van der Waals surface area (Å²) in [5, 5.41) is 5.36. The van der Waals surface area contributed by atoms with E-state index < -0.39 is 0 Å². The Kier molecular flexibility index (Phi) is 7.54. The average molecular weight is 378 g/mol. The summed E-state index contributed by atoms with van der Waals surface area (Å²) < 4.78 is 5.46. The summed E-state index contributed by atoms with van der Waals surface area (Å²) in [5.41, 5.74) is 0.696. The van der Waals surface area contributed by atoms with Crippen molar-refractivity contribution in [2.45, 2.75) is 32.4 Å². The first-order valence-electron chi connectivity index (χ1n) is 7.16. The summed E-state index contributed by atoms with van der Waals surface area (Å²) in [5.74, 6) is 0.705. The van der Waals surface area contributed by atoms with E-state index in [1.807, 2.05) is 22.4 Å². The van der Waals surface area contributed by atoms with Gasteiger partial charge in [-0.2, -0.15) is 0 Å². The number of nitrogens with one attached hydrogen (secondary N) is 1. The molecule has 23 heavy (non-hydrogen) atoms. The number of carbonyl (C=O) groups excluding carboxylic acids is 1. The van der Waals surface area contributed by atoms with Crippen LogP contribution < -0.4 is 5.32 Å². The summed E-state index contributed by atoms with van der Waals surface area (Å²) in [4.78, 5) is 19.8. The summed E-state index contributed by atoms with van der Waals surface area (Å²) in [6.07, 6.45) is 1.88. The van der Waals surface area contributed by atoms with Crippen LogP contribution >= 0.6 is 36.2 Å². The van der Waals surface area contributed by atoms with Gasteiger partial charge in [0.1, 0.15) is 6.26 Å². The fourth-order valence-corrected chi connectivity index (χ4v) is 3.22. The summed E-state index contributed by atoms with van der Waals surface area (Å²) in [6.45, 7) is 5.78. The second-order valence-electron chi connectivity index (χ2n) is 5.37. The van der Waals surface area contributed by atoms with Crippen LogP contribution in [0.1, 0.15) is 19.5 Å². The molecule has 1 aliphatic heterocycles. The van der Waals surface area contributed by atoms with Crippen LogP contribution in [0.5, 0.6) is 0 Å². The van der Waals surface area contributed by atoms with E-state index in [1.54, 1.807) is 17.6 Å². The first-order valence-corrected chi connectivity index (χ1v) is 8.04. The molecule has 0 saturated carbocycles.